The van der Waals surface area contributed by atoms with Crippen LogP contribution in [0.3, 0.4) is 0 Å². The fraction of sp³-hybridized carbons (Fsp3) is 0.517. The van der Waals surface area contributed by atoms with Crippen LogP contribution in [0.25, 0.3) is 16.7 Å². The largest absolute Gasteiger partial charge is 0.462 e. The zero-order valence-electron chi connectivity index (χ0n) is 20.0. The number of esters is 1. The lowest BCUT2D eigenvalue weighted by molar-refractivity contribution is -0.148. The minimum absolute atomic E-state index is 0.0702. The van der Waals surface area contributed by atoms with Gasteiger partial charge in [0.25, 0.3) is 0 Å². The number of carbonyl (C=O) groups excluding carboxylic acids is 1. The molecule has 33 heavy (non-hydrogen) atoms. The van der Waals surface area contributed by atoms with E-state index in [1.54, 1.807) is 5.57 Å². The number of fused-ring (bicyclic) bond motifs is 4. The summed E-state index contributed by atoms with van der Waals surface area (Å²) in [5.41, 5.74) is 5.10. The van der Waals surface area contributed by atoms with Gasteiger partial charge in [-0.1, -0.05) is 49.8 Å². The molecule has 1 aromatic heterocycles. The van der Waals surface area contributed by atoms with Crippen LogP contribution in [0, 0.1) is 23.2 Å². The fourth-order valence-electron chi connectivity index (χ4n) is 7.07. The number of benzene rings is 1. The van der Waals surface area contributed by atoms with Crippen molar-refractivity contribution in [2.24, 2.45) is 23.2 Å². The molecule has 0 amide bonds. The van der Waals surface area contributed by atoms with Gasteiger partial charge in [0.2, 0.25) is 0 Å². The van der Waals surface area contributed by atoms with Crippen LogP contribution in [0.5, 0.6) is 0 Å². The molecule has 2 aromatic rings. The highest BCUT2D eigenvalue weighted by atomic mass is 16.5. The van der Waals surface area contributed by atoms with Crippen molar-refractivity contribution < 1.29 is 9.53 Å². The van der Waals surface area contributed by atoms with Gasteiger partial charge in [-0.3, -0.25) is 9.36 Å². The molecule has 5 rings (SSSR count). The van der Waals surface area contributed by atoms with E-state index < -0.39 is 0 Å². The van der Waals surface area contributed by atoms with Gasteiger partial charge in [-0.15, -0.1) is 0 Å². The summed E-state index contributed by atoms with van der Waals surface area (Å²) in [6.07, 6.45) is 18.1. The Hall–Kier alpha value is -2.62. The van der Waals surface area contributed by atoms with Crippen LogP contribution in [0.4, 0.5) is 0 Å². The van der Waals surface area contributed by atoms with Crippen LogP contribution in [-0.4, -0.2) is 21.6 Å². The van der Waals surface area contributed by atoms with E-state index in [1.165, 1.54) is 26.2 Å². The summed E-state index contributed by atoms with van der Waals surface area (Å²) in [6, 6.07) is 8.28. The third kappa shape index (κ3) is 4.09. The zero-order chi connectivity index (χ0) is 23.0. The zero-order valence-corrected chi connectivity index (χ0v) is 20.0. The SMILES string of the molecule is C=C/C(=C\CC1CCCC2C1CC=C1C[C@@H](OC(C)=O)CCC12C)n1cnc2ccccc21. The molecule has 4 nitrogen and oxygen atoms in total. The van der Waals surface area contributed by atoms with Crippen molar-refractivity contribution in [3.63, 3.8) is 0 Å². The number of para-hydroxylation sites is 2. The van der Waals surface area contributed by atoms with Gasteiger partial charge in [0.1, 0.15) is 12.4 Å². The lowest BCUT2D eigenvalue weighted by atomic mass is 9.51. The van der Waals surface area contributed by atoms with Gasteiger partial charge in [0.15, 0.2) is 0 Å². The van der Waals surface area contributed by atoms with Gasteiger partial charge in [0, 0.05) is 19.0 Å². The molecule has 0 radical (unpaired) electrons. The second-order valence-electron chi connectivity index (χ2n) is 10.5. The number of allylic oxidation sites excluding steroid dienone is 4. The Morgan fingerprint density at radius 2 is 2.15 bits per heavy atom. The van der Waals surface area contributed by atoms with E-state index in [0.717, 1.165) is 60.7 Å². The van der Waals surface area contributed by atoms with E-state index in [9.17, 15) is 4.79 Å². The topological polar surface area (TPSA) is 44.1 Å². The summed E-state index contributed by atoms with van der Waals surface area (Å²) < 4.78 is 7.75. The second-order valence-corrected chi connectivity index (χ2v) is 10.5. The molecule has 0 N–H and O–H groups in total. The molecule has 0 aliphatic heterocycles. The van der Waals surface area contributed by atoms with E-state index in [2.05, 4.69) is 53.4 Å². The molecule has 3 aliphatic carbocycles. The van der Waals surface area contributed by atoms with Gasteiger partial charge in [0.05, 0.1) is 11.0 Å². The van der Waals surface area contributed by atoms with Crippen molar-refractivity contribution in [3.8, 4) is 0 Å². The number of carbonyl (C=O) groups is 1. The van der Waals surface area contributed by atoms with Gasteiger partial charge < -0.3 is 4.74 Å². The molecule has 0 saturated heterocycles. The van der Waals surface area contributed by atoms with Crippen molar-refractivity contribution >= 4 is 22.7 Å². The molecule has 4 heteroatoms. The number of aromatic nitrogens is 2. The first-order valence-corrected chi connectivity index (χ1v) is 12.6. The third-order valence-electron chi connectivity index (χ3n) is 8.74. The van der Waals surface area contributed by atoms with Crippen LogP contribution in [0.1, 0.15) is 65.2 Å². The highest BCUT2D eigenvalue weighted by molar-refractivity contribution is 5.80. The lowest BCUT2D eigenvalue weighted by Gasteiger charge is -2.54. The van der Waals surface area contributed by atoms with Crippen LogP contribution in [-0.2, 0) is 9.53 Å². The summed E-state index contributed by atoms with van der Waals surface area (Å²) in [5, 5.41) is 0. The molecule has 1 aromatic carbocycles. The smallest absolute Gasteiger partial charge is 0.302 e. The molecule has 5 atom stereocenters. The molecule has 4 unspecified atom stereocenters. The first-order valence-electron chi connectivity index (χ1n) is 12.6. The Bertz CT molecular complexity index is 1110. The van der Waals surface area contributed by atoms with Gasteiger partial charge in [-0.05, 0) is 79.9 Å². The molecule has 3 aliphatic rings. The highest BCUT2D eigenvalue weighted by Crippen LogP contribution is 2.58. The first-order chi connectivity index (χ1) is 16.0. The molecule has 2 saturated carbocycles. The summed E-state index contributed by atoms with van der Waals surface area (Å²) in [6.45, 7) is 8.12. The Morgan fingerprint density at radius 1 is 1.30 bits per heavy atom. The summed E-state index contributed by atoms with van der Waals surface area (Å²) in [7, 11) is 0. The Labute approximate surface area is 197 Å². The summed E-state index contributed by atoms with van der Waals surface area (Å²) in [5.74, 6) is 2.03. The summed E-state index contributed by atoms with van der Waals surface area (Å²) in [4.78, 5) is 16.0. The number of hydrogen-bond acceptors (Lipinski definition) is 3. The standard InChI is InChI=1S/C29H36N2O2/c1-4-23(31-19-30-27-10-5-6-11-28(27)31)14-12-21-8-7-9-26-25(21)15-13-22-18-24(33-20(2)32)16-17-29(22,26)3/h4-6,10-11,13-14,19,21,24-26H,1,7-9,12,15-18H2,2-3H3/b23-14+/t21?,24-,25?,26?,29?/m0/s1. The fourth-order valence-corrected chi connectivity index (χ4v) is 7.07. The number of imidazole rings is 1. The van der Waals surface area contributed by atoms with Crippen molar-refractivity contribution in [1.29, 1.82) is 0 Å². The monoisotopic (exact) mass is 444 g/mol. The van der Waals surface area contributed by atoms with Crippen LogP contribution >= 0.6 is 0 Å². The highest BCUT2D eigenvalue weighted by Gasteiger charge is 2.49. The average Bonchev–Trinajstić information content (AvgIpc) is 3.24. The molecule has 0 bridgehead atoms. The number of rotatable bonds is 5. The lowest BCUT2D eigenvalue weighted by Crippen LogP contribution is -2.46. The molecular formula is C29H36N2O2. The molecule has 0 spiro atoms. The van der Waals surface area contributed by atoms with E-state index in [4.69, 9.17) is 4.74 Å². The first kappa shape index (κ1) is 22.2. The van der Waals surface area contributed by atoms with Crippen LogP contribution < -0.4 is 0 Å². The van der Waals surface area contributed by atoms with Gasteiger partial charge in [-0.25, -0.2) is 4.98 Å². The predicted octanol–water partition coefficient (Wildman–Crippen LogP) is 6.94. The van der Waals surface area contributed by atoms with Gasteiger partial charge >= 0.3 is 5.97 Å². The average molecular weight is 445 g/mol. The minimum Gasteiger partial charge on any atom is -0.462 e. The summed E-state index contributed by atoms with van der Waals surface area (Å²) >= 11 is 0. The quantitative estimate of drug-likeness (QED) is 0.285. The molecule has 2 fully saturated rings. The second kappa shape index (κ2) is 8.96. The molecule has 174 valence electrons. The third-order valence-corrected chi connectivity index (χ3v) is 8.74. The van der Waals surface area contributed by atoms with E-state index in [1.807, 2.05) is 18.5 Å². The van der Waals surface area contributed by atoms with Crippen molar-refractivity contribution in [1.82, 2.24) is 9.55 Å². The number of ether oxygens (including phenoxy) is 1. The predicted molar refractivity (Wildman–Crippen MR) is 133 cm³/mol. The van der Waals surface area contributed by atoms with E-state index in [0.29, 0.717) is 5.92 Å². The van der Waals surface area contributed by atoms with E-state index in [-0.39, 0.29) is 17.5 Å². The normalized spacial score (nSPS) is 31.9. The van der Waals surface area contributed by atoms with Crippen molar-refractivity contribution in [2.75, 3.05) is 0 Å². The maximum atomic E-state index is 11.5. The Morgan fingerprint density at radius 3 is 2.97 bits per heavy atom. The maximum absolute atomic E-state index is 11.5. The maximum Gasteiger partial charge on any atom is 0.302 e. The van der Waals surface area contributed by atoms with Crippen LogP contribution in [0.2, 0.25) is 0 Å². The Kier molecular flexibility index (Phi) is 6.03. The van der Waals surface area contributed by atoms with E-state index >= 15 is 0 Å². The number of nitrogens with zero attached hydrogens (tertiary/aromatic N) is 2. The number of hydrogen-bond donors (Lipinski definition) is 0. The molecule has 1 heterocycles. The van der Waals surface area contributed by atoms with Crippen LogP contribution in [0.15, 0.2) is 61.0 Å². The Balaban J connectivity index is 1.35. The minimum atomic E-state index is -0.147. The van der Waals surface area contributed by atoms with Gasteiger partial charge in [-0.2, -0.15) is 0 Å². The van der Waals surface area contributed by atoms with Crippen molar-refractivity contribution in [2.45, 2.75) is 71.3 Å². The van der Waals surface area contributed by atoms with Crippen molar-refractivity contribution in [3.05, 3.63) is 61.0 Å². The molecular weight excluding hydrogens is 408 g/mol.